The third-order valence-corrected chi connectivity index (χ3v) is 2.65. The van der Waals surface area contributed by atoms with Gasteiger partial charge in [0, 0.05) is 12.5 Å². The van der Waals surface area contributed by atoms with E-state index in [2.05, 4.69) is 39.1 Å². The van der Waals surface area contributed by atoms with Gasteiger partial charge < -0.3 is 5.11 Å². The Balaban J connectivity index is 4.82. The van der Waals surface area contributed by atoms with E-state index in [1.165, 1.54) is 11.1 Å². The van der Waals surface area contributed by atoms with Crippen LogP contribution in [0.1, 0.15) is 27.2 Å². The number of hydrogen-bond donors (Lipinski definition) is 1. The van der Waals surface area contributed by atoms with Crippen molar-refractivity contribution in [1.29, 1.82) is 0 Å². The fourth-order valence-electron chi connectivity index (χ4n) is 1.52. The molecule has 0 aliphatic heterocycles. The Bertz CT molecular complexity index is 218. The van der Waals surface area contributed by atoms with Crippen LogP contribution in [0.4, 0.5) is 0 Å². The molecule has 0 rings (SSSR count). The van der Waals surface area contributed by atoms with Gasteiger partial charge in [0.2, 0.25) is 0 Å². The van der Waals surface area contributed by atoms with Crippen LogP contribution in [-0.4, -0.2) is 24.5 Å². The molecule has 14 heavy (non-hydrogen) atoms. The first-order valence-electron chi connectivity index (χ1n) is 4.91. The lowest BCUT2D eigenvalue weighted by molar-refractivity contribution is 0.262. The molecule has 0 heterocycles. The number of hydrogen-bond acceptors (Lipinski definition) is 2. The van der Waals surface area contributed by atoms with Gasteiger partial charge in [-0.2, -0.15) is 0 Å². The molecule has 0 saturated carbocycles. The molecule has 80 valence electrons. The van der Waals surface area contributed by atoms with Crippen LogP contribution in [0.3, 0.4) is 0 Å². The Labute approximate surface area is 87.1 Å². The summed E-state index contributed by atoms with van der Waals surface area (Å²) in [5.41, 5.74) is 2.55. The predicted octanol–water partition coefficient (Wildman–Crippen LogP) is 2.60. The second kappa shape index (κ2) is 6.55. The summed E-state index contributed by atoms with van der Waals surface area (Å²) in [7, 11) is 0. The first-order chi connectivity index (χ1) is 6.58. The highest BCUT2D eigenvalue weighted by atomic mass is 16.3. The number of nitrogens with zero attached hydrogens (tertiary/aromatic N) is 1. The van der Waals surface area contributed by atoms with Gasteiger partial charge in [-0.1, -0.05) is 17.2 Å². The number of allylic oxidation sites excluding steroid dienone is 1. The summed E-state index contributed by atoms with van der Waals surface area (Å²) in [5.74, 6) is 0.236. The smallest absolute Gasteiger partial charge is 0.0736 e. The topological polar surface area (TPSA) is 32.6 Å². The number of aliphatic hydroxyl groups excluding tert-OH is 1. The van der Waals surface area contributed by atoms with Crippen molar-refractivity contribution in [3.8, 4) is 0 Å². The third kappa shape index (κ3) is 3.46. The van der Waals surface area contributed by atoms with Gasteiger partial charge in [-0.15, -0.1) is 6.58 Å². The molecule has 2 nitrogen and oxygen atoms in total. The Morgan fingerprint density at radius 2 is 2.00 bits per heavy atom. The highest BCUT2D eigenvalue weighted by Crippen LogP contribution is 2.24. The minimum Gasteiger partial charge on any atom is -0.396 e. The Kier molecular flexibility index (Phi) is 6.13. The molecule has 0 aromatic rings. The van der Waals surface area contributed by atoms with E-state index in [1.807, 2.05) is 0 Å². The summed E-state index contributed by atoms with van der Waals surface area (Å²) < 4.78 is 0. The normalized spacial score (nSPS) is 14.3. The first kappa shape index (κ1) is 13.1. The number of aliphatic imine (C=N–C) groups is 1. The largest absolute Gasteiger partial charge is 0.396 e. The minimum atomic E-state index is 0.0112. The van der Waals surface area contributed by atoms with E-state index in [0.29, 0.717) is 6.42 Å². The summed E-state index contributed by atoms with van der Waals surface area (Å²) in [6.45, 7) is 13.7. The highest BCUT2D eigenvalue weighted by Gasteiger charge is 2.19. The lowest BCUT2D eigenvalue weighted by atomic mass is 9.87. The van der Waals surface area contributed by atoms with Crippen molar-refractivity contribution >= 4 is 6.72 Å². The Hall–Kier alpha value is -0.890. The molecular formula is C12H21NO. The fraction of sp³-hybridized carbons (Fsp3) is 0.583. The van der Waals surface area contributed by atoms with Crippen molar-refractivity contribution in [2.45, 2.75) is 33.2 Å². The van der Waals surface area contributed by atoms with Gasteiger partial charge in [0.25, 0.3) is 0 Å². The van der Waals surface area contributed by atoms with Crippen LogP contribution < -0.4 is 0 Å². The second-order valence-corrected chi connectivity index (χ2v) is 3.71. The van der Waals surface area contributed by atoms with Crippen LogP contribution in [0, 0.1) is 5.92 Å². The van der Waals surface area contributed by atoms with Gasteiger partial charge in [-0.3, -0.25) is 4.99 Å². The fourth-order valence-corrected chi connectivity index (χ4v) is 1.52. The van der Waals surface area contributed by atoms with Crippen LogP contribution in [0.25, 0.3) is 0 Å². The molecule has 0 amide bonds. The Morgan fingerprint density at radius 1 is 1.43 bits per heavy atom. The van der Waals surface area contributed by atoms with Crippen LogP contribution >= 0.6 is 0 Å². The van der Waals surface area contributed by atoms with E-state index in [4.69, 9.17) is 5.11 Å². The highest BCUT2D eigenvalue weighted by molar-refractivity contribution is 5.27. The molecular weight excluding hydrogens is 174 g/mol. The van der Waals surface area contributed by atoms with Crippen molar-refractivity contribution in [2.75, 3.05) is 6.61 Å². The van der Waals surface area contributed by atoms with Crippen LogP contribution in [-0.2, 0) is 0 Å². The van der Waals surface area contributed by atoms with Gasteiger partial charge in [-0.05, 0) is 33.9 Å². The zero-order valence-electron chi connectivity index (χ0n) is 9.45. The van der Waals surface area contributed by atoms with E-state index in [9.17, 15) is 0 Å². The number of rotatable bonds is 6. The SMILES string of the molecule is C=CC(N=C)C(CCO)C(C)=C(C)C. The zero-order chi connectivity index (χ0) is 11.1. The summed E-state index contributed by atoms with van der Waals surface area (Å²) in [5, 5.41) is 8.99. The van der Waals surface area contributed by atoms with E-state index in [-0.39, 0.29) is 18.6 Å². The molecule has 0 aromatic heterocycles. The van der Waals surface area contributed by atoms with Crippen molar-refractivity contribution in [2.24, 2.45) is 10.9 Å². The van der Waals surface area contributed by atoms with Crippen molar-refractivity contribution < 1.29 is 5.11 Å². The monoisotopic (exact) mass is 195 g/mol. The van der Waals surface area contributed by atoms with Gasteiger partial charge in [-0.25, -0.2) is 0 Å². The molecule has 2 unspecified atom stereocenters. The lowest BCUT2D eigenvalue weighted by Crippen LogP contribution is -2.19. The van der Waals surface area contributed by atoms with Gasteiger partial charge in [0.05, 0.1) is 6.04 Å². The van der Waals surface area contributed by atoms with E-state index >= 15 is 0 Å². The van der Waals surface area contributed by atoms with Gasteiger partial charge in [0.1, 0.15) is 0 Å². The molecule has 2 heteroatoms. The average Bonchev–Trinajstić information content (AvgIpc) is 2.17. The summed E-state index contributed by atoms with van der Waals surface area (Å²) in [6, 6.07) is 0.0112. The molecule has 0 saturated heterocycles. The molecule has 0 spiro atoms. The van der Waals surface area contributed by atoms with Gasteiger partial charge >= 0.3 is 0 Å². The first-order valence-corrected chi connectivity index (χ1v) is 4.91. The molecule has 0 aliphatic rings. The quantitative estimate of drug-likeness (QED) is 0.513. The molecule has 0 aromatic carbocycles. The lowest BCUT2D eigenvalue weighted by Gasteiger charge is -2.22. The third-order valence-electron chi connectivity index (χ3n) is 2.65. The summed E-state index contributed by atoms with van der Waals surface area (Å²) >= 11 is 0. The summed E-state index contributed by atoms with van der Waals surface area (Å²) in [6.07, 6.45) is 2.51. The summed E-state index contributed by atoms with van der Waals surface area (Å²) in [4.78, 5) is 4.02. The molecule has 0 fully saturated rings. The van der Waals surface area contributed by atoms with E-state index in [0.717, 1.165) is 0 Å². The van der Waals surface area contributed by atoms with Crippen molar-refractivity contribution in [3.05, 3.63) is 23.8 Å². The van der Waals surface area contributed by atoms with Crippen LogP contribution in [0.15, 0.2) is 28.8 Å². The minimum absolute atomic E-state index is 0.0112. The maximum absolute atomic E-state index is 8.99. The predicted molar refractivity (Wildman–Crippen MR) is 62.8 cm³/mol. The van der Waals surface area contributed by atoms with Crippen LogP contribution in [0.5, 0.6) is 0 Å². The Morgan fingerprint density at radius 3 is 2.29 bits per heavy atom. The van der Waals surface area contributed by atoms with E-state index < -0.39 is 0 Å². The molecule has 1 N–H and O–H groups in total. The standard InChI is InChI=1S/C12H21NO/c1-6-12(13-5)11(7-8-14)10(4)9(2)3/h6,11-12,14H,1,5,7-8H2,2-4H3. The molecule has 2 atom stereocenters. The molecule has 0 aliphatic carbocycles. The molecule has 0 bridgehead atoms. The van der Waals surface area contributed by atoms with E-state index in [1.54, 1.807) is 6.08 Å². The van der Waals surface area contributed by atoms with Crippen molar-refractivity contribution in [3.63, 3.8) is 0 Å². The number of aliphatic hydroxyl groups is 1. The average molecular weight is 195 g/mol. The maximum atomic E-state index is 8.99. The van der Waals surface area contributed by atoms with Crippen molar-refractivity contribution in [1.82, 2.24) is 0 Å². The zero-order valence-corrected chi connectivity index (χ0v) is 9.45. The second-order valence-electron chi connectivity index (χ2n) is 3.71. The van der Waals surface area contributed by atoms with Crippen LogP contribution in [0.2, 0.25) is 0 Å². The van der Waals surface area contributed by atoms with Gasteiger partial charge in [0.15, 0.2) is 0 Å². The molecule has 0 radical (unpaired) electrons. The maximum Gasteiger partial charge on any atom is 0.0736 e.